The Morgan fingerprint density at radius 2 is 1.86 bits per heavy atom. The highest BCUT2D eigenvalue weighted by molar-refractivity contribution is 6.30. The lowest BCUT2D eigenvalue weighted by Crippen LogP contribution is -1.98. The Morgan fingerprint density at radius 1 is 1.19 bits per heavy atom. The average molecular weight is 302 g/mol. The number of nitro groups is 1. The number of ketones is 1. The lowest BCUT2D eigenvalue weighted by atomic mass is 10.1. The number of aryl methyl sites for hydroxylation is 1. The lowest BCUT2D eigenvalue weighted by molar-refractivity contribution is -0.385. The molecule has 21 heavy (non-hydrogen) atoms. The molecule has 2 rings (SSSR count). The van der Waals surface area contributed by atoms with Crippen LogP contribution in [-0.2, 0) is 0 Å². The summed E-state index contributed by atoms with van der Waals surface area (Å²) < 4.78 is 0. The SMILES string of the molecule is Cc1ccc(C(=O)C=Cc2ccc(Cl)cc2)cc1[N+](=O)[O-]. The van der Waals surface area contributed by atoms with Crippen molar-refractivity contribution >= 4 is 29.1 Å². The summed E-state index contributed by atoms with van der Waals surface area (Å²) in [5, 5.41) is 11.5. The predicted octanol–water partition coefficient (Wildman–Crippen LogP) is 4.45. The highest BCUT2D eigenvalue weighted by Crippen LogP contribution is 2.20. The first kappa shape index (κ1) is 14.9. The van der Waals surface area contributed by atoms with Crippen molar-refractivity contribution < 1.29 is 9.72 Å². The largest absolute Gasteiger partial charge is 0.289 e. The number of carbonyl (C=O) groups excluding carboxylic acids is 1. The van der Waals surface area contributed by atoms with Crippen molar-refractivity contribution in [2.75, 3.05) is 0 Å². The molecule has 0 bridgehead atoms. The zero-order chi connectivity index (χ0) is 15.4. The van der Waals surface area contributed by atoms with E-state index >= 15 is 0 Å². The maximum Gasteiger partial charge on any atom is 0.273 e. The summed E-state index contributed by atoms with van der Waals surface area (Å²) in [6.07, 6.45) is 3.03. The maximum atomic E-state index is 12.0. The first-order chi connectivity index (χ1) is 9.97. The van der Waals surface area contributed by atoms with Crippen molar-refractivity contribution in [2.45, 2.75) is 6.92 Å². The molecule has 0 aliphatic carbocycles. The molecule has 2 aromatic rings. The second-order valence-electron chi connectivity index (χ2n) is 4.51. The minimum atomic E-state index is -0.491. The lowest BCUT2D eigenvalue weighted by Gasteiger charge is -2.00. The van der Waals surface area contributed by atoms with Crippen LogP contribution in [0.2, 0.25) is 5.02 Å². The summed E-state index contributed by atoms with van der Waals surface area (Å²) >= 11 is 5.78. The molecule has 0 aliphatic heterocycles. The topological polar surface area (TPSA) is 60.2 Å². The molecule has 5 heteroatoms. The van der Waals surface area contributed by atoms with Crippen LogP contribution in [0, 0.1) is 17.0 Å². The fraction of sp³-hybridized carbons (Fsp3) is 0.0625. The average Bonchev–Trinajstić information content (AvgIpc) is 2.46. The zero-order valence-electron chi connectivity index (χ0n) is 11.2. The van der Waals surface area contributed by atoms with Crippen LogP contribution in [0.25, 0.3) is 6.08 Å². The Balaban J connectivity index is 2.22. The van der Waals surface area contributed by atoms with Crippen LogP contribution in [0.4, 0.5) is 5.69 Å². The van der Waals surface area contributed by atoms with Gasteiger partial charge >= 0.3 is 0 Å². The van der Waals surface area contributed by atoms with Gasteiger partial charge < -0.3 is 0 Å². The van der Waals surface area contributed by atoms with Crippen molar-refractivity contribution in [3.8, 4) is 0 Å². The van der Waals surface area contributed by atoms with Crippen molar-refractivity contribution in [1.82, 2.24) is 0 Å². The summed E-state index contributed by atoms with van der Waals surface area (Å²) in [5.41, 5.74) is 1.59. The molecule has 0 atom stereocenters. The zero-order valence-corrected chi connectivity index (χ0v) is 12.0. The first-order valence-corrected chi connectivity index (χ1v) is 6.58. The molecule has 106 valence electrons. The van der Waals surface area contributed by atoms with Gasteiger partial charge in [-0.25, -0.2) is 0 Å². The highest BCUT2D eigenvalue weighted by atomic mass is 35.5. The Hall–Kier alpha value is -2.46. The summed E-state index contributed by atoms with van der Waals surface area (Å²) in [6.45, 7) is 1.63. The smallest absolute Gasteiger partial charge is 0.273 e. The second kappa shape index (κ2) is 6.33. The third-order valence-corrected chi connectivity index (χ3v) is 3.24. The molecule has 0 heterocycles. The Kier molecular flexibility index (Phi) is 4.50. The van der Waals surface area contributed by atoms with Gasteiger partial charge in [0.2, 0.25) is 0 Å². The Labute approximate surface area is 126 Å². The van der Waals surface area contributed by atoms with Gasteiger partial charge in [0, 0.05) is 22.2 Å². The van der Waals surface area contributed by atoms with Crippen molar-refractivity contribution in [3.63, 3.8) is 0 Å². The molecule has 0 saturated carbocycles. The Morgan fingerprint density at radius 3 is 2.48 bits per heavy atom. The van der Waals surface area contributed by atoms with E-state index in [4.69, 9.17) is 11.6 Å². The monoisotopic (exact) mass is 301 g/mol. The van der Waals surface area contributed by atoms with Gasteiger partial charge in [0.15, 0.2) is 5.78 Å². The predicted molar refractivity (Wildman–Crippen MR) is 82.6 cm³/mol. The van der Waals surface area contributed by atoms with E-state index in [2.05, 4.69) is 0 Å². The van der Waals surface area contributed by atoms with Gasteiger partial charge in [-0.15, -0.1) is 0 Å². The van der Waals surface area contributed by atoms with Crippen molar-refractivity contribution in [1.29, 1.82) is 0 Å². The quantitative estimate of drug-likeness (QED) is 0.363. The third kappa shape index (κ3) is 3.77. The molecule has 0 fully saturated rings. The molecular formula is C16H12ClNO3. The minimum Gasteiger partial charge on any atom is -0.289 e. The van der Waals surface area contributed by atoms with Gasteiger partial charge in [-0.1, -0.05) is 41.9 Å². The maximum absolute atomic E-state index is 12.0. The fourth-order valence-corrected chi connectivity index (χ4v) is 1.93. The number of rotatable bonds is 4. The van der Waals surface area contributed by atoms with Gasteiger partial charge in [0.25, 0.3) is 5.69 Å². The van der Waals surface area contributed by atoms with E-state index in [1.54, 1.807) is 49.4 Å². The molecule has 0 aliphatic rings. The van der Waals surface area contributed by atoms with E-state index < -0.39 is 4.92 Å². The number of nitrogens with zero attached hydrogens (tertiary/aromatic N) is 1. The fourth-order valence-electron chi connectivity index (χ4n) is 1.80. The van der Waals surface area contributed by atoms with Gasteiger partial charge in [-0.3, -0.25) is 14.9 Å². The number of hydrogen-bond acceptors (Lipinski definition) is 3. The Bertz CT molecular complexity index is 721. The van der Waals surface area contributed by atoms with E-state index in [0.29, 0.717) is 10.6 Å². The van der Waals surface area contributed by atoms with E-state index in [9.17, 15) is 14.9 Å². The highest BCUT2D eigenvalue weighted by Gasteiger charge is 2.13. The van der Waals surface area contributed by atoms with E-state index in [-0.39, 0.29) is 17.0 Å². The first-order valence-electron chi connectivity index (χ1n) is 6.20. The number of allylic oxidation sites excluding steroid dienone is 1. The normalized spacial score (nSPS) is 10.8. The second-order valence-corrected chi connectivity index (χ2v) is 4.94. The molecule has 0 spiro atoms. The van der Waals surface area contributed by atoms with Gasteiger partial charge in [-0.2, -0.15) is 0 Å². The third-order valence-electron chi connectivity index (χ3n) is 2.99. The van der Waals surface area contributed by atoms with E-state index in [0.717, 1.165) is 5.56 Å². The summed E-state index contributed by atoms with van der Waals surface area (Å²) in [4.78, 5) is 22.4. The molecule has 2 aromatic carbocycles. The molecule has 0 radical (unpaired) electrons. The van der Waals surface area contributed by atoms with E-state index in [1.807, 2.05) is 0 Å². The molecule has 0 aromatic heterocycles. The molecular weight excluding hydrogens is 290 g/mol. The van der Waals surface area contributed by atoms with Crippen LogP contribution in [0.5, 0.6) is 0 Å². The van der Waals surface area contributed by atoms with Gasteiger partial charge in [0.1, 0.15) is 0 Å². The van der Waals surface area contributed by atoms with Crippen molar-refractivity contribution in [3.05, 3.63) is 80.4 Å². The van der Waals surface area contributed by atoms with Crippen molar-refractivity contribution in [2.24, 2.45) is 0 Å². The van der Waals surface area contributed by atoms with Gasteiger partial charge in [0.05, 0.1) is 4.92 Å². The number of hydrogen-bond donors (Lipinski definition) is 0. The van der Waals surface area contributed by atoms with Crippen LogP contribution >= 0.6 is 11.6 Å². The van der Waals surface area contributed by atoms with Crippen LogP contribution < -0.4 is 0 Å². The molecule has 0 amide bonds. The summed E-state index contributed by atoms with van der Waals surface area (Å²) in [6, 6.07) is 11.5. The van der Waals surface area contributed by atoms with Crippen LogP contribution in [0.15, 0.2) is 48.5 Å². The standard InChI is InChI=1S/C16H12ClNO3/c1-11-2-6-13(10-15(11)18(20)21)16(19)9-5-12-3-7-14(17)8-4-12/h2-10H,1H3. The molecule has 4 nitrogen and oxygen atoms in total. The summed E-state index contributed by atoms with van der Waals surface area (Å²) in [5.74, 6) is -0.284. The number of benzene rings is 2. The molecule has 0 unspecified atom stereocenters. The van der Waals surface area contributed by atoms with Crippen LogP contribution in [0.1, 0.15) is 21.5 Å². The van der Waals surface area contributed by atoms with Crippen LogP contribution in [-0.4, -0.2) is 10.7 Å². The van der Waals surface area contributed by atoms with E-state index in [1.165, 1.54) is 12.1 Å². The number of carbonyl (C=O) groups is 1. The molecule has 0 saturated heterocycles. The number of nitro benzene ring substituents is 1. The molecule has 0 N–H and O–H groups in total. The summed E-state index contributed by atoms with van der Waals surface area (Å²) in [7, 11) is 0. The van der Waals surface area contributed by atoms with Gasteiger partial charge in [-0.05, 0) is 30.7 Å². The van der Waals surface area contributed by atoms with Crippen LogP contribution in [0.3, 0.4) is 0 Å². The number of halogens is 1. The minimum absolute atomic E-state index is 0.0549.